The monoisotopic (exact) mass is 640 g/mol. The fraction of sp³-hybridized carbons (Fsp3) is 0.186. The molecule has 0 amide bonds. The average Bonchev–Trinajstić information content (AvgIpc) is 3.14. The molecule has 0 aliphatic heterocycles. The Balaban J connectivity index is 1.68. The first-order valence-electron chi connectivity index (χ1n) is 16.9. The lowest BCUT2D eigenvalue weighted by Gasteiger charge is -2.41. The number of hydrogen-bond donors (Lipinski definition) is 1. The molecule has 0 aromatic heterocycles. The van der Waals surface area contributed by atoms with Crippen LogP contribution in [-0.2, 0) is 0 Å². The van der Waals surface area contributed by atoms with Crippen molar-refractivity contribution in [3.8, 4) is 11.8 Å². The van der Waals surface area contributed by atoms with Gasteiger partial charge in [-0.15, -0.1) is 0 Å². The molecule has 0 saturated heterocycles. The standard InChI is InChI=1S/C43H36N4O2/c1-6-46(7-2)41-29-20-13-10-17-26(29)35(27-18-11-14-21-30(27)41)39-38(33(25-44)45-5)40(43(39)49)37-28-19-12-15-22-31(28)42(47(8-3)9-4)32-23-16-24-34(48)36(32)37/h10-24H,6-9H2,1-4H3,(H-,48,49)/b38-33+. The van der Waals surface area contributed by atoms with Crippen molar-refractivity contribution in [2.24, 2.45) is 0 Å². The number of benzene rings is 5. The van der Waals surface area contributed by atoms with Gasteiger partial charge in [0.1, 0.15) is 18.8 Å². The third-order valence-electron chi connectivity index (χ3n) is 9.97. The molecule has 0 heterocycles. The van der Waals surface area contributed by atoms with Gasteiger partial charge in [0.25, 0.3) is 5.70 Å². The molecule has 6 heteroatoms. The summed E-state index contributed by atoms with van der Waals surface area (Å²) in [5, 5.41) is 40.1. The normalized spacial score (nSPS) is 14.6. The van der Waals surface area contributed by atoms with Gasteiger partial charge in [0.05, 0.1) is 29.5 Å². The van der Waals surface area contributed by atoms with Crippen molar-refractivity contribution in [1.29, 1.82) is 5.26 Å². The number of nitriles is 1. The Hall–Kier alpha value is -6.11. The maximum absolute atomic E-state index is 15.0. The zero-order chi connectivity index (χ0) is 34.4. The average molecular weight is 641 g/mol. The van der Waals surface area contributed by atoms with Gasteiger partial charge in [0.2, 0.25) is 5.71 Å². The lowest BCUT2D eigenvalue weighted by molar-refractivity contribution is -0.519. The summed E-state index contributed by atoms with van der Waals surface area (Å²) in [5.74, 6) is -0.205. The summed E-state index contributed by atoms with van der Waals surface area (Å²) in [6.07, 6.45) is 0. The maximum atomic E-state index is 15.0. The summed E-state index contributed by atoms with van der Waals surface area (Å²) in [4.78, 5) is 5.95. The van der Waals surface area contributed by atoms with Crippen LogP contribution in [0.5, 0.6) is 5.75 Å². The molecular formula is C43H36N4O2. The van der Waals surface area contributed by atoms with Gasteiger partial charge in [-0.25, -0.2) is 14.7 Å². The van der Waals surface area contributed by atoms with Gasteiger partial charge in [-0.05, 0) is 84.7 Å². The van der Waals surface area contributed by atoms with Crippen LogP contribution < -0.4 is 10.0 Å². The Morgan fingerprint density at radius 3 is 1.86 bits per heavy atom. The maximum Gasteiger partial charge on any atom is 0.270 e. The Labute approximate surface area is 286 Å². The smallest absolute Gasteiger partial charge is 0.270 e. The topological polar surface area (TPSA) is 77.7 Å². The molecule has 49 heavy (non-hydrogen) atoms. The fourth-order valence-corrected chi connectivity index (χ4v) is 7.85. The van der Waals surface area contributed by atoms with Crippen molar-refractivity contribution in [2.75, 3.05) is 31.1 Å². The van der Waals surface area contributed by atoms with E-state index >= 15 is 5.11 Å². The molecular weight excluding hydrogens is 604 g/mol. The predicted molar refractivity (Wildman–Crippen MR) is 196 cm³/mol. The van der Waals surface area contributed by atoms with E-state index < -0.39 is 0 Å². The molecule has 240 valence electrons. The van der Waals surface area contributed by atoms with E-state index in [2.05, 4.69) is 60.2 Å². The highest BCUT2D eigenvalue weighted by Gasteiger charge is 2.39. The van der Waals surface area contributed by atoms with Crippen molar-refractivity contribution in [3.63, 3.8) is 0 Å². The van der Waals surface area contributed by atoms with Crippen LogP contribution in [0.15, 0.2) is 114 Å². The van der Waals surface area contributed by atoms with Crippen LogP contribution in [0.1, 0.15) is 55.5 Å². The summed E-state index contributed by atoms with van der Waals surface area (Å²) in [6, 6.07) is 31.6. The number of phenolic OH excluding ortho intramolecular Hbond substituents is 1. The van der Waals surface area contributed by atoms with Crippen LogP contribution in [0.25, 0.3) is 37.5 Å². The zero-order valence-corrected chi connectivity index (χ0v) is 28.1. The van der Waals surface area contributed by atoms with Crippen LogP contribution in [-0.4, -0.2) is 41.6 Å². The van der Waals surface area contributed by atoms with Crippen LogP contribution in [0, 0.1) is 17.9 Å². The number of allylic oxidation sites excluding steroid dienone is 3. The summed E-state index contributed by atoms with van der Waals surface area (Å²) in [6.45, 7) is 19.7. The van der Waals surface area contributed by atoms with Crippen molar-refractivity contribution in [1.82, 2.24) is 0 Å². The van der Waals surface area contributed by atoms with Gasteiger partial charge in [0.15, 0.2) is 0 Å². The number of hydrogen-bond acceptors (Lipinski definition) is 4. The number of anilines is 1. The van der Waals surface area contributed by atoms with E-state index in [9.17, 15) is 10.4 Å². The van der Waals surface area contributed by atoms with Crippen molar-refractivity contribution in [2.45, 2.75) is 27.7 Å². The second-order valence-corrected chi connectivity index (χ2v) is 12.2. The minimum Gasteiger partial charge on any atom is -0.872 e. The van der Waals surface area contributed by atoms with Crippen molar-refractivity contribution < 1.29 is 14.8 Å². The molecule has 0 bridgehead atoms. The Kier molecular flexibility index (Phi) is 8.02. The third-order valence-corrected chi connectivity index (χ3v) is 9.97. The molecule has 6 nitrogen and oxygen atoms in total. The second-order valence-electron chi connectivity index (χ2n) is 12.2. The van der Waals surface area contributed by atoms with Crippen LogP contribution in [0.3, 0.4) is 0 Å². The summed E-state index contributed by atoms with van der Waals surface area (Å²) >= 11 is 0. The minimum absolute atomic E-state index is 0.0422. The van der Waals surface area contributed by atoms with Crippen molar-refractivity contribution >= 4 is 44.1 Å². The van der Waals surface area contributed by atoms with E-state index in [0.29, 0.717) is 22.1 Å². The quantitative estimate of drug-likeness (QED) is 0.0866. The number of aromatic hydroxyl groups is 1. The zero-order valence-electron chi connectivity index (χ0n) is 28.1. The summed E-state index contributed by atoms with van der Waals surface area (Å²) < 4.78 is 2.33. The van der Waals surface area contributed by atoms with E-state index in [1.54, 1.807) is 6.07 Å². The lowest BCUT2D eigenvalue weighted by Crippen LogP contribution is -2.30. The van der Waals surface area contributed by atoms with Gasteiger partial charge in [-0.1, -0.05) is 78.6 Å². The number of rotatable bonds is 6. The van der Waals surface area contributed by atoms with E-state index in [0.717, 1.165) is 81.6 Å². The summed E-state index contributed by atoms with van der Waals surface area (Å²) in [7, 11) is 0. The largest absolute Gasteiger partial charge is 0.872 e. The van der Waals surface area contributed by atoms with E-state index in [4.69, 9.17) is 6.57 Å². The number of nitrogens with zero attached hydrogens (tertiary/aromatic N) is 4. The molecule has 1 N–H and O–H groups in total. The molecule has 0 unspecified atom stereocenters. The molecule has 0 atom stereocenters. The molecule has 2 aliphatic rings. The molecule has 5 aromatic carbocycles. The Morgan fingerprint density at radius 2 is 1.31 bits per heavy atom. The molecule has 0 radical (unpaired) electrons. The first kappa shape index (κ1) is 31.5. The highest BCUT2D eigenvalue weighted by molar-refractivity contribution is 6.25. The molecule has 0 fully saturated rings. The van der Waals surface area contributed by atoms with Gasteiger partial charge < -0.3 is 15.1 Å². The first-order valence-corrected chi connectivity index (χ1v) is 16.9. The highest BCUT2D eigenvalue weighted by atomic mass is 16.3. The van der Waals surface area contributed by atoms with E-state index in [1.807, 2.05) is 72.8 Å². The van der Waals surface area contributed by atoms with Gasteiger partial charge in [-0.2, -0.15) is 0 Å². The second kappa shape index (κ2) is 12.5. The van der Waals surface area contributed by atoms with E-state index in [-0.39, 0.29) is 22.8 Å². The lowest BCUT2D eigenvalue weighted by atomic mass is 9.69. The Bertz CT molecular complexity index is 2350. The van der Waals surface area contributed by atoms with E-state index in [1.165, 1.54) is 0 Å². The summed E-state index contributed by atoms with van der Waals surface area (Å²) in [5.41, 5.74) is 7.97. The van der Waals surface area contributed by atoms with Gasteiger partial charge in [0, 0.05) is 34.8 Å². The minimum atomic E-state index is -0.248. The molecule has 0 saturated carbocycles. The van der Waals surface area contributed by atoms with Crippen LogP contribution in [0.2, 0.25) is 0 Å². The van der Waals surface area contributed by atoms with Crippen LogP contribution >= 0.6 is 0 Å². The van der Waals surface area contributed by atoms with Gasteiger partial charge in [-0.3, -0.25) is 0 Å². The van der Waals surface area contributed by atoms with Crippen molar-refractivity contribution in [3.05, 3.63) is 153 Å². The molecule has 5 aromatic rings. The Morgan fingerprint density at radius 1 is 0.755 bits per heavy atom. The fourth-order valence-electron chi connectivity index (χ4n) is 7.85. The molecule has 0 spiro atoms. The first-order chi connectivity index (χ1) is 23.9. The molecule has 2 aliphatic carbocycles. The number of fused-ring (bicyclic) bond motifs is 4. The highest BCUT2D eigenvalue weighted by Crippen LogP contribution is 2.56. The predicted octanol–water partition coefficient (Wildman–Crippen LogP) is 8.03. The van der Waals surface area contributed by atoms with Crippen LogP contribution in [0.4, 0.5) is 5.69 Å². The number of phenols is 1. The molecule has 7 rings (SSSR count). The SMILES string of the molecule is [C-]#[N+]/C(C#N)=C1\C(=C2c3ccccc3C(=[N+](CC)CC)c3ccccc32)C([O-])=C1c1c2ccccc2c(N(CC)CC)c2cccc(O)c12. The third kappa shape index (κ3) is 4.56. The van der Waals surface area contributed by atoms with Gasteiger partial charge >= 0.3 is 0 Å².